The number of para-hydroxylation sites is 1. The van der Waals surface area contributed by atoms with Crippen LogP contribution in [0.3, 0.4) is 0 Å². The Balaban J connectivity index is 1.66. The summed E-state index contributed by atoms with van der Waals surface area (Å²) in [6.45, 7) is 0. The molecule has 130 valence electrons. The van der Waals surface area contributed by atoms with Crippen molar-refractivity contribution in [1.29, 1.82) is 0 Å². The molecule has 5 nitrogen and oxygen atoms in total. The lowest BCUT2D eigenvalue weighted by Gasteiger charge is -2.14. The first kappa shape index (κ1) is 17.1. The molecule has 1 amide bonds. The second-order valence-corrected chi connectivity index (χ2v) is 9.14. The molecule has 6 heteroatoms. The Morgan fingerprint density at radius 1 is 1.08 bits per heavy atom. The van der Waals surface area contributed by atoms with E-state index in [-0.39, 0.29) is 41.5 Å². The van der Waals surface area contributed by atoms with Gasteiger partial charge in [-0.2, -0.15) is 0 Å². The molecule has 2 fully saturated rings. The number of benzene rings is 1. The van der Waals surface area contributed by atoms with E-state index < -0.39 is 9.84 Å². The standard InChI is InChI=1S/C18H23NO4S/c20-17(11-13-9-10-24(22,23)12-13)19-16-8-4-3-7-15(16)18(21)14-5-1-2-6-14/h3-4,7-8,13-14H,1-2,5-6,9-12H2,(H,19,20)/t13-/m0/s1. The van der Waals surface area contributed by atoms with Gasteiger partial charge in [-0.1, -0.05) is 25.0 Å². The van der Waals surface area contributed by atoms with Crippen LogP contribution < -0.4 is 5.32 Å². The van der Waals surface area contributed by atoms with Gasteiger partial charge in [-0.15, -0.1) is 0 Å². The molecule has 1 atom stereocenters. The van der Waals surface area contributed by atoms with Crippen molar-refractivity contribution in [2.75, 3.05) is 16.8 Å². The zero-order valence-corrected chi connectivity index (χ0v) is 14.5. The number of anilines is 1. The average molecular weight is 349 g/mol. The summed E-state index contributed by atoms with van der Waals surface area (Å²) in [5, 5.41) is 2.81. The largest absolute Gasteiger partial charge is 0.325 e. The van der Waals surface area contributed by atoms with Gasteiger partial charge >= 0.3 is 0 Å². The highest BCUT2D eigenvalue weighted by atomic mass is 32.2. The summed E-state index contributed by atoms with van der Waals surface area (Å²) in [6.07, 6.45) is 4.73. The number of sulfone groups is 1. The molecule has 1 saturated carbocycles. The number of carbonyl (C=O) groups excluding carboxylic acids is 2. The van der Waals surface area contributed by atoms with Gasteiger partial charge in [-0.3, -0.25) is 9.59 Å². The Morgan fingerprint density at radius 2 is 1.79 bits per heavy atom. The van der Waals surface area contributed by atoms with Gasteiger partial charge < -0.3 is 5.32 Å². The third-order valence-electron chi connectivity index (χ3n) is 4.99. The van der Waals surface area contributed by atoms with Gasteiger partial charge in [0.05, 0.1) is 17.2 Å². The molecule has 24 heavy (non-hydrogen) atoms. The van der Waals surface area contributed by atoms with Gasteiger partial charge in [0.25, 0.3) is 0 Å². The van der Waals surface area contributed by atoms with Gasteiger partial charge in [0.2, 0.25) is 5.91 Å². The Labute approximate surface area is 142 Å². The third kappa shape index (κ3) is 4.04. The molecule has 1 heterocycles. The number of amides is 1. The maximum absolute atomic E-state index is 12.6. The minimum absolute atomic E-state index is 0.0584. The van der Waals surface area contributed by atoms with E-state index in [0.717, 1.165) is 25.7 Å². The van der Waals surface area contributed by atoms with Crippen molar-refractivity contribution in [3.05, 3.63) is 29.8 Å². The molecule has 1 N–H and O–H groups in total. The zero-order chi connectivity index (χ0) is 17.2. The van der Waals surface area contributed by atoms with Crippen molar-refractivity contribution in [3.63, 3.8) is 0 Å². The molecule has 3 rings (SSSR count). The molecular formula is C18H23NO4S. The van der Waals surface area contributed by atoms with Crippen LogP contribution in [0.15, 0.2) is 24.3 Å². The number of Topliss-reactive ketones (excluding diaryl/α,β-unsaturated/α-hetero) is 1. The van der Waals surface area contributed by atoms with E-state index >= 15 is 0 Å². The second-order valence-electron chi connectivity index (χ2n) is 6.91. The highest BCUT2D eigenvalue weighted by molar-refractivity contribution is 7.91. The van der Waals surface area contributed by atoms with Crippen molar-refractivity contribution >= 4 is 27.2 Å². The predicted octanol–water partition coefficient (Wildman–Crippen LogP) is 2.82. The summed E-state index contributed by atoms with van der Waals surface area (Å²) >= 11 is 0. The Hall–Kier alpha value is -1.69. The zero-order valence-electron chi connectivity index (χ0n) is 13.7. The van der Waals surface area contributed by atoms with Crippen molar-refractivity contribution < 1.29 is 18.0 Å². The van der Waals surface area contributed by atoms with Crippen molar-refractivity contribution in [2.45, 2.75) is 38.5 Å². The van der Waals surface area contributed by atoms with Crippen LogP contribution in [-0.2, 0) is 14.6 Å². The second kappa shape index (κ2) is 7.05. The molecule has 0 aromatic heterocycles. The Morgan fingerprint density at radius 3 is 2.46 bits per heavy atom. The summed E-state index contributed by atoms with van der Waals surface area (Å²) < 4.78 is 23.0. The van der Waals surface area contributed by atoms with E-state index in [4.69, 9.17) is 0 Å². The molecule has 0 bridgehead atoms. The molecule has 0 spiro atoms. The molecule has 2 aliphatic rings. The van der Waals surface area contributed by atoms with E-state index in [9.17, 15) is 18.0 Å². The van der Waals surface area contributed by atoms with Crippen LogP contribution in [0.5, 0.6) is 0 Å². The van der Waals surface area contributed by atoms with Crippen molar-refractivity contribution in [3.8, 4) is 0 Å². The van der Waals surface area contributed by atoms with Crippen LogP contribution in [0.2, 0.25) is 0 Å². The SMILES string of the molecule is O=C(C[C@@H]1CCS(=O)(=O)C1)Nc1ccccc1C(=O)C1CCCC1. The smallest absolute Gasteiger partial charge is 0.224 e. The molecule has 1 aliphatic heterocycles. The molecule has 1 aliphatic carbocycles. The summed E-state index contributed by atoms with van der Waals surface area (Å²) in [7, 11) is -2.98. The molecule has 0 radical (unpaired) electrons. The van der Waals surface area contributed by atoms with Gasteiger partial charge in [0.15, 0.2) is 15.6 Å². The first-order chi connectivity index (χ1) is 11.4. The molecule has 0 unspecified atom stereocenters. The van der Waals surface area contributed by atoms with Crippen molar-refractivity contribution in [2.24, 2.45) is 11.8 Å². The number of nitrogens with one attached hydrogen (secondary N) is 1. The Kier molecular flexibility index (Phi) is 5.04. The van der Waals surface area contributed by atoms with E-state index in [1.54, 1.807) is 24.3 Å². The molecular weight excluding hydrogens is 326 g/mol. The van der Waals surface area contributed by atoms with E-state index in [1.807, 2.05) is 0 Å². The third-order valence-corrected chi connectivity index (χ3v) is 6.83. The molecule has 1 aromatic carbocycles. The first-order valence-corrected chi connectivity index (χ1v) is 10.4. The summed E-state index contributed by atoms with van der Waals surface area (Å²) in [5.41, 5.74) is 1.11. The lowest BCUT2D eigenvalue weighted by Crippen LogP contribution is -2.20. The van der Waals surface area contributed by atoms with Crippen LogP contribution in [0.25, 0.3) is 0 Å². The van der Waals surface area contributed by atoms with Gasteiger partial charge in [0.1, 0.15) is 0 Å². The number of carbonyl (C=O) groups is 2. The average Bonchev–Trinajstić information content (AvgIpc) is 3.17. The topological polar surface area (TPSA) is 80.3 Å². The van der Waals surface area contributed by atoms with Crippen LogP contribution in [0.4, 0.5) is 5.69 Å². The predicted molar refractivity (Wildman–Crippen MR) is 92.7 cm³/mol. The van der Waals surface area contributed by atoms with E-state index in [1.165, 1.54) is 0 Å². The van der Waals surface area contributed by atoms with Crippen LogP contribution in [0.1, 0.15) is 48.9 Å². The normalized spacial score (nSPS) is 23.2. The fourth-order valence-electron chi connectivity index (χ4n) is 3.71. The first-order valence-electron chi connectivity index (χ1n) is 8.58. The monoisotopic (exact) mass is 349 g/mol. The van der Waals surface area contributed by atoms with Gasteiger partial charge in [0, 0.05) is 17.9 Å². The number of hydrogen-bond acceptors (Lipinski definition) is 4. The van der Waals surface area contributed by atoms with E-state index in [2.05, 4.69) is 5.32 Å². The number of ketones is 1. The lowest BCUT2D eigenvalue weighted by molar-refractivity contribution is -0.116. The molecule has 1 aromatic rings. The van der Waals surface area contributed by atoms with Gasteiger partial charge in [-0.25, -0.2) is 8.42 Å². The van der Waals surface area contributed by atoms with E-state index in [0.29, 0.717) is 17.7 Å². The minimum Gasteiger partial charge on any atom is -0.325 e. The summed E-state index contributed by atoms with van der Waals surface area (Å²) in [4.78, 5) is 24.9. The van der Waals surface area contributed by atoms with Crippen LogP contribution in [0, 0.1) is 11.8 Å². The number of rotatable bonds is 5. The Bertz CT molecular complexity index is 735. The quantitative estimate of drug-likeness (QED) is 0.829. The fourth-order valence-corrected chi connectivity index (χ4v) is 5.57. The van der Waals surface area contributed by atoms with Gasteiger partial charge in [-0.05, 0) is 37.3 Å². The number of hydrogen-bond donors (Lipinski definition) is 1. The lowest BCUT2D eigenvalue weighted by atomic mass is 9.95. The summed E-state index contributed by atoms with van der Waals surface area (Å²) in [5.74, 6) is 0.0800. The fraction of sp³-hybridized carbons (Fsp3) is 0.556. The highest BCUT2D eigenvalue weighted by Gasteiger charge is 2.30. The highest BCUT2D eigenvalue weighted by Crippen LogP contribution is 2.30. The van der Waals surface area contributed by atoms with Crippen LogP contribution >= 0.6 is 0 Å². The van der Waals surface area contributed by atoms with Crippen LogP contribution in [-0.4, -0.2) is 31.6 Å². The maximum atomic E-state index is 12.6. The summed E-state index contributed by atoms with van der Waals surface area (Å²) in [6, 6.07) is 7.10. The minimum atomic E-state index is -2.98. The van der Waals surface area contributed by atoms with Crippen molar-refractivity contribution in [1.82, 2.24) is 0 Å². The molecule has 1 saturated heterocycles. The maximum Gasteiger partial charge on any atom is 0.224 e.